The third-order valence-corrected chi connectivity index (χ3v) is 8.60. The molecule has 3 rings (SSSR count). The van der Waals surface area contributed by atoms with Gasteiger partial charge in [-0.25, -0.2) is 16.8 Å². The van der Waals surface area contributed by atoms with Gasteiger partial charge in [0.05, 0.1) is 36.6 Å². The molecule has 36 heavy (non-hydrogen) atoms. The number of anilines is 1. The van der Waals surface area contributed by atoms with E-state index in [9.17, 15) is 21.6 Å². The van der Waals surface area contributed by atoms with Gasteiger partial charge in [-0.15, -0.1) is 0 Å². The lowest BCUT2D eigenvalue weighted by atomic mass is 10.3. The van der Waals surface area contributed by atoms with Gasteiger partial charge in [0.25, 0.3) is 5.91 Å². The molecule has 1 fully saturated rings. The number of carbonyl (C=O) groups is 1. The largest absolute Gasteiger partial charge is 0.492 e. The molecule has 0 unspecified atom stereocenters. The maximum absolute atomic E-state index is 12.7. The molecule has 0 saturated carbocycles. The van der Waals surface area contributed by atoms with Gasteiger partial charge >= 0.3 is 0 Å². The number of hydrogen-bond donors (Lipinski definition) is 1. The first kappa shape index (κ1) is 27.7. The van der Waals surface area contributed by atoms with Crippen molar-refractivity contribution in [1.29, 1.82) is 0 Å². The van der Waals surface area contributed by atoms with Crippen molar-refractivity contribution in [3.8, 4) is 11.5 Å². The lowest BCUT2D eigenvalue weighted by Crippen LogP contribution is -2.40. The van der Waals surface area contributed by atoms with Crippen LogP contribution in [0.5, 0.6) is 11.5 Å². The number of hydrogen-bond acceptors (Lipinski definition) is 8. The molecule has 1 amide bonds. The predicted molar refractivity (Wildman–Crippen MR) is 134 cm³/mol. The van der Waals surface area contributed by atoms with Crippen LogP contribution in [0.2, 0.25) is 0 Å². The zero-order valence-corrected chi connectivity index (χ0v) is 22.0. The van der Waals surface area contributed by atoms with Crippen molar-refractivity contribution in [2.45, 2.75) is 17.9 Å². The maximum atomic E-state index is 12.7. The second-order valence-electron chi connectivity index (χ2n) is 8.11. The Morgan fingerprint density at radius 2 is 1.61 bits per heavy atom. The van der Waals surface area contributed by atoms with Gasteiger partial charge in [0.15, 0.2) is 6.10 Å². The summed E-state index contributed by atoms with van der Waals surface area (Å²) in [5, 5.41) is 2.71. The van der Waals surface area contributed by atoms with Gasteiger partial charge in [-0.2, -0.15) is 4.31 Å². The van der Waals surface area contributed by atoms with Crippen LogP contribution in [0.25, 0.3) is 0 Å². The number of sulfonamides is 2. The minimum absolute atomic E-state index is 0.181. The highest BCUT2D eigenvalue weighted by Crippen LogP contribution is 2.22. The van der Waals surface area contributed by atoms with Crippen molar-refractivity contribution in [3.05, 3.63) is 48.5 Å². The van der Waals surface area contributed by atoms with Gasteiger partial charge in [0, 0.05) is 20.1 Å². The van der Waals surface area contributed by atoms with Crippen LogP contribution in [-0.2, 0) is 29.6 Å². The van der Waals surface area contributed by atoms with Crippen LogP contribution in [0, 0.1) is 0 Å². The second kappa shape index (κ2) is 11.9. The van der Waals surface area contributed by atoms with Crippen LogP contribution in [0.1, 0.15) is 6.92 Å². The van der Waals surface area contributed by atoms with E-state index in [-0.39, 0.29) is 24.0 Å². The molecule has 0 bridgehead atoms. The van der Waals surface area contributed by atoms with Crippen LogP contribution in [0.3, 0.4) is 0 Å². The third kappa shape index (κ3) is 7.32. The van der Waals surface area contributed by atoms with Crippen LogP contribution in [-0.4, -0.2) is 85.9 Å². The second-order valence-corrected chi connectivity index (χ2v) is 12.1. The van der Waals surface area contributed by atoms with E-state index in [2.05, 4.69) is 5.32 Å². The van der Waals surface area contributed by atoms with Gasteiger partial charge in [-0.1, -0.05) is 0 Å². The molecule has 1 aliphatic rings. The summed E-state index contributed by atoms with van der Waals surface area (Å²) in [7, 11) is -5.48. The van der Waals surface area contributed by atoms with Crippen LogP contribution in [0.15, 0.2) is 53.4 Å². The summed E-state index contributed by atoms with van der Waals surface area (Å²) < 4.78 is 67.5. The molecule has 1 saturated heterocycles. The van der Waals surface area contributed by atoms with Crippen molar-refractivity contribution < 1.29 is 35.8 Å². The Kier molecular flexibility index (Phi) is 9.17. The van der Waals surface area contributed by atoms with Gasteiger partial charge < -0.3 is 19.5 Å². The van der Waals surface area contributed by atoms with E-state index >= 15 is 0 Å². The number of morpholine rings is 1. The molecular formula is C23H31N3O8S2. The number of rotatable bonds is 11. The topological polar surface area (TPSA) is 132 Å². The predicted octanol–water partition coefficient (Wildman–Crippen LogP) is 1.07. The Labute approximate surface area is 212 Å². The molecule has 1 atom stereocenters. The smallest absolute Gasteiger partial charge is 0.260 e. The highest BCUT2D eigenvalue weighted by Gasteiger charge is 2.26. The van der Waals surface area contributed by atoms with Crippen molar-refractivity contribution in [3.63, 3.8) is 0 Å². The molecule has 0 aliphatic carbocycles. The van der Waals surface area contributed by atoms with Crippen LogP contribution >= 0.6 is 0 Å². The minimum atomic E-state index is -3.57. The number of carbonyl (C=O) groups excluding carboxylic acids is 1. The first-order valence-corrected chi connectivity index (χ1v) is 14.6. The van der Waals surface area contributed by atoms with E-state index in [4.69, 9.17) is 14.2 Å². The zero-order valence-electron chi connectivity index (χ0n) is 20.4. The monoisotopic (exact) mass is 541 g/mol. The average molecular weight is 542 g/mol. The molecule has 198 valence electrons. The molecule has 1 aliphatic heterocycles. The Morgan fingerprint density at radius 3 is 2.19 bits per heavy atom. The van der Waals surface area contributed by atoms with E-state index in [0.29, 0.717) is 43.5 Å². The van der Waals surface area contributed by atoms with Crippen molar-refractivity contribution in [2.24, 2.45) is 0 Å². The van der Waals surface area contributed by atoms with Gasteiger partial charge in [-0.3, -0.25) is 9.10 Å². The van der Waals surface area contributed by atoms with Crippen LogP contribution < -0.4 is 19.1 Å². The van der Waals surface area contributed by atoms with Crippen molar-refractivity contribution >= 4 is 31.6 Å². The lowest BCUT2D eigenvalue weighted by molar-refractivity contribution is -0.127. The molecule has 2 aromatic carbocycles. The van der Waals surface area contributed by atoms with E-state index in [1.54, 1.807) is 43.3 Å². The number of ether oxygens (including phenoxy) is 3. The summed E-state index contributed by atoms with van der Waals surface area (Å²) >= 11 is 0. The Bertz CT molecular complexity index is 1230. The van der Waals surface area contributed by atoms with Crippen LogP contribution in [0.4, 0.5) is 5.69 Å². The highest BCUT2D eigenvalue weighted by atomic mass is 32.2. The molecule has 2 aromatic rings. The fraction of sp³-hybridized carbons (Fsp3) is 0.435. The Hall–Kier alpha value is -2.87. The van der Waals surface area contributed by atoms with Gasteiger partial charge in [-0.05, 0) is 55.5 Å². The van der Waals surface area contributed by atoms with E-state index in [1.165, 1.54) is 23.5 Å². The molecule has 0 spiro atoms. The number of benzene rings is 2. The summed E-state index contributed by atoms with van der Waals surface area (Å²) in [5.41, 5.74) is 0.478. The lowest BCUT2D eigenvalue weighted by Gasteiger charge is -2.26. The molecule has 1 N–H and O–H groups in total. The zero-order chi connectivity index (χ0) is 26.3. The SMILES string of the molecule is C[C@H](Oc1ccc(N(C)S(C)(=O)=O)cc1)C(=O)NCCOc1ccc(S(=O)(=O)N2CCOCC2)cc1. The minimum Gasteiger partial charge on any atom is -0.492 e. The van der Waals surface area contributed by atoms with Gasteiger partial charge in [0.1, 0.15) is 18.1 Å². The molecule has 0 aromatic heterocycles. The standard InChI is InChI=1S/C23H31N3O8S2/c1-18(34-21-6-4-19(5-7-21)25(2)35(3,28)29)23(27)24-12-15-33-20-8-10-22(11-9-20)36(30,31)26-13-16-32-17-14-26/h4-11,18H,12-17H2,1-3H3,(H,24,27)/t18-/m0/s1. The maximum Gasteiger partial charge on any atom is 0.260 e. The normalized spacial score (nSPS) is 15.6. The Morgan fingerprint density at radius 1 is 1.03 bits per heavy atom. The van der Waals surface area contributed by atoms with E-state index in [1.807, 2.05) is 0 Å². The summed E-state index contributed by atoms with van der Waals surface area (Å²) in [4.78, 5) is 12.5. The molecule has 13 heteroatoms. The van der Waals surface area contributed by atoms with E-state index < -0.39 is 26.2 Å². The Balaban J connectivity index is 1.42. The molecule has 1 heterocycles. The first-order chi connectivity index (χ1) is 17.0. The quantitative estimate of drug-likeness (QED) is 0.418. The average Bonchev–Trinajstić information content (AvgIpc) is 2.86. The molecular weight excluding hydrogens is 510 g/mol. The van der Waals surface area contributed by atoms with Gasteiger partial charge in [0.2, 0.25) is 20.0 Å². The summed E-state index contributed by atoms with van der Waals surface area (Å²) in [6.07, 6.45) is 0.327. The molecule has 11 nitrogen and oxygen atoms in total. The fourth-order valence-electron chi connectivity index (χ4n) is 3.31. The third-order valence-electron chi connectivity index (χ3n) is 5.48. The summed E-state index contributed by atoms with van der Waals surface area (Å²) in [6, 6.07) is 12.5. The fourth-order valence-corrected chi connectivity index (χ4v) is 5.23. The van der Waals surface area contributed by atoms with Crippen molar-refractivity contribution in [2.75, 3.05) is 57.1 Å². The number of nitrogens with zero attached hydrogens (tertiary/aromatic N) is 2. The molecule has 0 radical (unpaired) electrons. The van der Waals surface area contributed by atoms with Crippen molar-refractivity contribution in [1.82, 2.24) is 9.62 Å². The first-order valence-electron chi connectivity index (χ1n) is 11.3. The summed E-state index contributed by atoms with van der Waals surface area (Å²) in [5.74, 6) is 0.559. The highest BCUT2D eigenvalue weighted by molar-refractivity contribution is 7.92. The number of amides is 1. The van der Waals surface area contributed by atoms with E-state index in [0.717, 1.165) is 10.6 Å². The summed E-state index contributed by atoms with van der Waals surface area (Å²) in [6.45, 7) is 3.41. The number of nitrogens with one attached hydrogen (secondary N) is 1.